The summed E-state index contributed by atoms with van der Waals surface area (Å²) in [6.07, 6.45) is 11.6. The van der Waals surface area contributed by atoms with E-state index in [0.29, 0.717) is 0 Å². The molecule has 0 aliphatic carbocycles. The van der Waals surface area contributed by atoms with Gasteiger partial charge in [-0.15, -0.1) is 0 Å². The van der Waals surface area contributed by atoms with Gasteiger partial charge in [-0.25, -0.2) is 0 Å². The molecular formula is C10H17N. The molecule has 62 valence electrons. The van der Waals surface area contributed by atoms with Crippen LogP contribution >= 0.6 is 0 Å². The summed E-state index contributed by atoms with van der Waals surface area (Å²) in [4.78, 5) is 2.56. The van der Waals surface area contributed by atoms with Crippen LogP contribution in [0, 0.1) is 0 Å². The van der Waals surface area contributed by atoms with Gasteiger partial charge in [-0.05, 0) is 45.2 Å². The quantitative estimate of drug-likeness (QED) is 0.514. The van der Waals surface area contributed by atoms with Crippen molar-refractivity contribution in [3.05, 3.63) is 12.3 Å². The Labute approximate surface area is 69.1 Å². The summed E-state index contributed by atoms with van der Waals surface area (Å²) in [6.45, 7) is 2.34. The van der Waals surface area contributed by atoms with Crippen LogP contribution in [-0.4, -0.2) is 17.0 Å². The Kier molecular flexibility index (Phi) is 1.89. The van der Waals surface area contributed by atoms with Crippen molar-refractivity contribution in [1.82, 2.24) is 4.90 Å². The van der Waals surface area contributed by atoms with Crippen LogP contribution in [0.1, 0.15) is 39.0 Å². The van der Waals surface area contributed by atoms with Crippen LogP contribution in [0.2, 0.25) is 0 Å². The first kappa shape index (κ1) is 7.20. The zero-order valence-electron chi connectivity index (χ0n) is 7.29. The summed E-state index contributed by atoms with van der Waals surface area (Å²) in [5, 5.41) is 0. The molecule has 0 aromatic heterocycles. The largest absolute Gasteiger partial charge is 0.372 e. The lowest BCUT2D eigenvalue weighted by Crippen LogP contribution is -2.28. The molecule has 0 amide bonds. The molecule has 2 heterocycles. The Bertz CT molecular complexity index is 162. The summed E-state index contributed by atoms with van der Waals surface area (Å²) < 4.78 is 0. The minimum Gasteiger partial charge on any atom is -0.372 e. The van der Waals surface area contributed by atoms with Crippen molar-refractivity contribution in [1.29, 1.82) is 0 Å². The Hall–Kier alpha value is -0.460. The highest BCUT2D eigenvalue weighted by Gasteiger charge is 2.27. The molecule has 0 N–H and O–H groups in total. The van der Waals surface area contributed by atoms with Gasteiger partial charge in [-0.2, -0.15) is 0 Å². The van der Waals surface area contributed by atoms with Gasteiger partial charge in [0, 0.05) is 12.1 Å². The van der Waals surface area contributed by atoms with Crippen LogP contribution in [0.15, 0.2) is 12.3 Å². The van der Waals surface area contributed by atoms with E-state index in [-0.39, 0.29) is 0 Å². The second-order valence-electron chi connectivity index (χ2n) is 3.84. The van der Waals surface area contributed by atoms with E-state index in [1.807, 2.05) is 0 Å². The Balaban J connectivity index is 2.10. The SMILES string of the molecule is CC1CCC2CCCC=CN12. The molecule has 1 saturated heterocycles. The van der Waals surface area contributed by atoms with Gasteiger partial charge in [0.2, 0.25) is 0 Å². The van der Waals surface area contributed by atoms with Crippen molar-refractivity contribution in [3.63, 3.8) is 0 Å². The molecule has 0 saturated carbocycles. The van der Waals surface area contributed by atoms with Gasteiger partial charge in [0.1, 0.15) is 0 Å². The van der Waals surface area contributed by atoms with E-state index in [2.05, 4.69) is 24.1 Å². The van der Waals surface area contributed by atoms with Crippen molar-refractivity contribution in [2.75, 3.05) is 0 Å². The maximum absolute atomic E-state index is 2.56. The monoisotopic (exact) mass is 151 g/mol. The predicted octanol–water partition coefficient (Wildman–Crippen LogP) is 2.54. The van der Waals surface area contributed by atoms with Crippen molar-refractivity contribution in [2.24, 2.45) is 0 Å². The average molecular weight is 151 g/mol. The lowest BCUT2D eigenvalue weighted by atomic mass is 10.1. The van der Waals surface area contributed by atoms with E-state index in [9.17, 15) is 0 Å². The Morgan fingerprint density at radius 2 is 2.18 bits per heavy atom. The predicted molar refractivity (Wildman–Crippen MR) is 47.3 cm³/mol. The third kappa shape index (κ3) is 1.29. The normalized spacial score (nSPS) is 37.0. The molecule has 2 rings (SSSR count). The summed E-state index contributed by atoms with van der Waals surface area (Å²) in [5.74, 6) is 0. The van der Waals surface area contributed by atoms with Crippen LogP contribution in [0.3, 0.4) is 0 Å². The summed E-state index contributed by atoms with van der Waals surface area (Å²) in [6, 6.07) is 1.68. The molecule has 2 atom stereocenters. The fourth-order valence-electron chi connectivity index (χ4n) is 2.32. The first-order valence-electron chi connectivity index (χ1n) is 4.82. The van der Waals surface area contributed by atoms with E-state index < -0.39 is 0 Å². The van der Waals surface area contributed by atoms with Crippen molar-refractivity contribution >= 4 is 0 Å². The highest BCUT2D eigenvalue weighted by atomic mass is 15.2. The van der Waals surface area contributed by atoms with Crippen LogP contribution in [0.4, 0.5) is 0 Å². The molecule has 1 fully saturated rings. The van der Waals surface area contributed by atoms with Gasteiger partial charge < -0.3 is 4.90 Å². The Morgan fingerprint density at radius 3 is 3.09 bits per heavy atom. The van der Waals surface area contributed by atoms with Gasteiger partial charge in [-0.1, -0.05) is 6.08 Å². The molecule has 0 radical (unpaired) electrons. The van der Waals surface area contributed by atoms with E-state index in [4.69, 9.17) is 0 Å². The van der Waals surface area contributed by atoms with Crippen molar-refractivity contribution in [3.8, 4) is 0 Å². The third-order valence-electron chi connectivity index (χ3n) is 3.03. The number of fused-ring (bicyclic) bond motifs is 1. The molecule has 11 heavy (non-hydrogen) atoms. The molecule has 2 unspecified atom stereocenters. The maximum Gasteiger partial charge on any atom is 0.0288 e. The second-order valence-corrected chi connectivity index (χ2v) is 3.84. The highest BCUT2D eigenvalue weighted by Crippen LogP contribution is 2.29. The molecule has 1 heteroatoms. The van der Waals surface area contributed by atoms with Crippen LogP contribution in [0.25, 0.3) is 0 Å². The van der Waals surface area contributed by atoms with Gasteiger partial charge in [0.25, 0.3) is 0 Å². The topological polar surface area (TPSA) is 3.24 Å². The van der Waals surface area contributed by atoms with Crippen LogP contribution in [-0.2, 0) is 0 Å². The van der Waals surface area contributed by atoms with Gasteiger partial charge in [0.05, 0.1) is 0 Å². The smallest absolute Gasteiger partial charge is 0.0288 e. The molecule has 0 bridgehead atoms. The lowest BCUT2D eigenvalue weighted by Gasteiger charge is -2.25. The van der Waals surface area contributed by atoms with Gasteiger partial charge >= 0.3 is 0 Å². The molecule has 2 aliphatic rings. The summed E-state index contributed by atoms with van der Waals surface area (Å²) in [7, 11) is 0. The zero-order valence-corrected chi connectivity index (χ0v) is 7.29. The van der Waals surface area contributed by atoms with E-state index in [0.717, 1.165) is 12.1 Å². The average Bonchev–Trinajstić information content (AvgIpc) is 2.25. The zero-order chi connectivity index (χ0) is 7.68. The fraction of sp³-hybridized carbons (Fsp3) is 0.800. The fourth-order valence-corrected chi connectivity index (χ4v) is 2.32. The third-order valence-corrected chi connectivity index (χ3v) is 3.03. The standard InChI is InChI=1S/C10H17N/c1-9-6-7-10-5-3-2-4-8-11(9)10/h4,8-10H,2-3,5-7H2,1H3. The van der Waals surface area contributed by atoms with E-state index in [1.165, 1.54) is 32.1 Å². The first-order chi connectivity index (χ1) is 5.38. The van der Waals surface area contributed by atoms with Crippen LogP contribution in [0.5, 0.6) is 0 Å². The Morgan fingerprint density at radius 1 is 1.27 bits per heavy atom. The number of hydrogen-bond acceptors (Lipinski definition) is 1. The lowest BCUT2D eigenvalue weighted by molar-refractivity contribution is 0.282. The minimum atomic E-state index is 0.800. The second kappa shape index (κ2) is 2.88. The van der Waals surface area contributed by atoms with Gasteiger partial charge in [0.15, 0.2) is 0 Å². The number of rotatable bonds is 0. The summed E-state index contributed by atoms with van der Waals surface area (Å²) >= 11 is 0. The number of allylic oxidation sites excluding steroid dienone is 1. The van der Waals surface area contributed by atoms with Gasteiger partial charge in [-0.3, -0.25) is 0 Å². The van der Waals surface area contributed by atoms with Crippen molar-refractivity contribution in [2.45, 2.75) is 51.1 Å². The maximum atomic E-state index is 2.56. The van der Waals surface area contributed by atoms with Crippen molar-refractivity contribution < 1.29 is 0 Å². The van der Waals surface area contributed by atoms with E-state index in [1.54, 1.807) is 0 Å². The first-order valence-corrected chi connectivity index (χ1v) is 4.82. The van der Waals surface area contributed by atoms with Crippen LogP contribution < -0.4 is 0 Å². The molecule has 0 aromatic rings. The molecule has 0 aromatic carbocycles. The highest BCUT2D eigenvalue weighted by molar-refractivity contribution is 4.97. The molecule has 2 aliphatic heterocycles. The molecule has 1 nitrogen and oxygen atoms in total. The minimum absolute atomic E-state index is 0.800. The summed E-state index contributed by atoms with van der Waals surface area (Å²) in [5.41, 5.74) is 0. The number of hydrogen-bond donors (Lipinski definition) is 0. The number of nitrogens with zero attached hydrogens (tertiary/aromatic N) is 1. The molecule has 0 spiro atoms. The van der Waals surface area contributed by atoms with E-state index >= 15 is 0 Å². The molecular weight excluding hydrogens is 134 g/mol.